The van der Waals surface area contributed by atoms with E-state index in [-0.39, 0.29) is 0 Å². The van der Waals surface area contributed by atoms with E-state index in [9.17, 15) is 0 Å². The van der Waals surface area contributed by atoms with Gasteiger partial charge in [-0.15, -0.1) is 12.3 Å². The molecule has 0 saturated carbocycles. The quantitative estimate of drug-likeness (QED) is 0.656. The topological polar surface area (TPSA) is 6.48 Å². The van der Waals surface area contributed by atoms with E-state index in [0.717, 1.165) is 12.5 Å². The molecule has 2 aliphatic heterocycles. The molecule has 2 nitrogen and oxygen atoms in total. The van der Waals surface area contributed by atoms with Crippen molar-refractivity contribution in [3.8, 4) is 12.3 Å². The number of hydrogen-bond donors (Lipinski definition) is 0. The highest BCUT2D eigenvalue weighted by molar-refractivity contribution is 4.95. The molecule has 3 atom stereocenters. The van der Waals surface area contributed by atoms with E-state index >= 15 is 0 Å². The van der Waals surface area contributed by atoms with Crippen LogP contribution >= 0.6 is 0 Å². The third-order valence-corrected chi connectivity index (χ3v) is 4.21. The van der Waals surface area contributed by atoms with Crippen molar-refractivity contribution in [3.05, 3.63) is 0 Å². The van der Waals surface area contributed by atoms with E-state index in [1.165, 1.54) is 38.9 Å². The van der Waals surface area contributed by atoms with E-state index in [1.54, 1.807) is 0 Å². The molecule has 2 aliphatic rings. The minimum atomic E-state index is 0.545. The molecule has 0 aromatic carbocycles. The molecule has 0 aromatic heterocycles. The number of fused-ring (bicyclic) bond motifs is 1. The van der Waals surface area contributed by atoms with Crippen molar-refractivity contribution < 1.29 is 0 Å². The molecule has 2 rings (SSSR count). The molecule has 0 aromatic rings. The van der Waals surface area contributed by atoms with Gasteiger partial charge in [0.25, 0.3) is 0 Å². The highest BCUT2D eigenvalue weighted by Gasteiger charge is 2.34. The molecule has 0 bridgehead atoms. The van der Waals surface area contributed by atoms with Gasteiger partial charge in [-0.1, -0.05) is 6.42 Å². The molecule has 0 N–H and O–H groups in total. The summed E-state index contributed by atoms with van der Waals surface area (Å²) in [5.41, 5.74) is 0. The molecular weight excluding hydrogens is 196 g/mol. The van der Waals surface area contributed by atoms with Crippen molar-refractivity contribution >= 4 is 0 Å². The van der Waals surface area contributed by atoms with Gasteiger partial charge in [0.05, 0.1) is 0 Å². The third-order valence-electron chi connectivity index (χ3n) is 4.21. The summed E-state index contributed by atoms with van der Waals surface area (Å²) in [6.45, 7) is 8.39. The summed E-state index contributed by atoms with van der Waals surface area (Å²) in [5, 5.41) is 0. The van der Waals surface area contributed by atoms with E-state index < -0.39 is 0 Å². The van der Waals surface area contributed by atoms with Crippen LogP contribution in [0.3, 0.4) is 0 Å². The third kappa shape index (κ3) is 2.42. The molecule has 0 radical (unpaired) electrons. The Morgan fingerprint density at radius 3 is 2.94 bits per heavy atom. The Morgan fingerprint density at radius 1 is 1.38 bits per heavy atom. The minimum Gasteiger partial charge on any atom is -0.298 e. The van der Waals surface area contributed by atoms with E-state index in [0.29, 0.717) is 12.1 Å². The van der Waals surface area contributed by atoms with Gasteiger partial charge in [0, 0.05) is 37.6 Å². The lowest BCUT2D eigenvalue weighted by atomic mass is 9.95. The second-order valence-corrected chi connectivity index (χ2v) is 5.45. The lowest BCUT2D eigenvalue weighted by Gasteiger charge is -2.49. The first-order valence-electron chi connectivity index (χ1n) is 6.65. The van der Waals surface area contributed by atoms with Crippen LogP contribution in [0.15, 0.2) is 0 Å². The second kappa shape index (κ2) is 5.21. The van der Waals surface area contributed by atoms with Gasteiger partial charge >= 0.3 is 0 Å². The summed E-state index contributed by atoms with van der Waals surface area (Å²) in [5.74, 6) is 2.80. The molecule has 2 heteroatoms. The fourth-order valence-corrected chi connectivity index (χ4v) is 3.28. The number of hydrogen-bond acceptors (Lipinski definition) is 2. The van der Waals surface area contributed by atoms with Crippen molar-refractivity contribution in [1.82, 2.24) is 9.80 Å². The molecule has 90 valence electrons. The fourth-order valence-electron chi connectivity index (χ4n) is 3.28. The summed E-state index contributed by atoms with van der Waals surface area (Å²) >= 11 is 0. The fraction of sp³-hybridized carbons (Fsp3) is 0.857. The summed E-state index contributed by atoms with van der Waals surface area (Å²) in [6, 6.07) is 2.01. The Balaban J connectivity index is 1.97. The van der Waals surface area contributed by atoms with Crippen LogP contribution in [-0.2, 0) is 0 Å². The predicted octanol–water partition coefficient (Wildman–Crippen LogP) is 1.96. The highest BCUT2D eigenvalue weighted by Crippen LogP contribution is 2.25. The summed E-state index contributed by atoms with van der Waals surface area (Å²) in [4.78, 5) is 5.31. The van der Waals surface area contributed by atoms with Crippen LogP contribution < -0.4 is 0 Å². The van der Waals surface area contributed by atoms with Crippen molar-refractivity contribution in [2.75, 3.05) is 19.6 Å². The number of piperidine rings is 1. The molecule has 0 aliphatic carbocycles. The maximum Gasteiger partial charge on any atom is 0.0240 e. The van der Waals surface area contributed by atoms with Crippen LogP contribution in [0, 0.1) is 12.3 Å². The zero-order chi connectivity index (χ0) is 11.5. The van der Waals surface area contributed by atoms with E-state index in [4.69, 9.17) is 6.42 Å². The first-order chi connectivity index (χ1) is 7.72. The SMILES string of the molecule is C#CCC(C)N1CC2CCCCN2CC1C. The Morgan fingerprint density at radius 2 is 2.19 bits per heavy atom. The van der Waals surface area contributed by atoms with Gasteiger partial charge in [-0.2, -0.15) is 0 Å². The van der Waals surface area contributed by atoms with Crippen LogP contribution in [0.5, 0.6) is 0 Å². The first kappa shape index (κ1) is 12.0. The summed E-state index contributed by atoms with van der Waals surface area (Å²) in [7, 11) is 0. The van der Waals surface area contributed by atoms with Crippen LogP contribution in [0.4, 0.5) is 0 Å². The summed E-state index contributed by atoms with van der Waals surface area (Å²) < 4.78 is 0. The zero-order valence-corrected chi connectivity index (χ0v) is 10.7. The van der Waals surface area contributed by atoms with Gasteiger partial charge in [-0.05, 0) is 33.2 Å². The van der Waals surface area contributed by atoms with Crippen LogP contribution in [0.25, 0.3) is 0 Å². The Hall–Kier alpha value is -0.520. The molecule has 2 saturated heterocycles. The van der Waals surface area contributed by atoms with E-state index in [2.05, 4.69) is 29.6 Å². The Bertz CT molecular complexity index is 268. The highest BCUT2D eigenvalue weighted by atomic mass is 15.3. The molecule has 16 heavy (non-hydrogen) atoms. The number of terminal acetylenes is 1. The smallest absolute Gasteiger partial charge is 0.0240 e. The van der Waals surface area contributed by atoms with Gasteiger partial charge in [0.2, 0.25) is 0 Å². The lowest BCUT2D eigenvalue weighted by Crippen LogP contribution is -2.60. The van der Waals surface area contributed by atoms with E-state index in [1.807, 2.05) is 0 Å². The zero-order valence-electron chi connectivity index (χ0n) is 10.7. The van der Waals surface area contributed by atoms with Crippen molar-refractivity contribution in [3.63, 3.8) is 0 Å². The van der Waals surface area contributed by atoms with Crippen molar-refractivity contribution in [2.24, 2.45) is 0 Å². The predicted molar refractivity (Wildman–Crippen MR) is 68.3 cm³/mol. The maximum absolute atomic E-state index is 5.43. The first-order valence-corrected chi connectivity index (χ1v) is 6.65. The average molecular weight is 220 g/mol. The van der Waals surface area contributed by atoms with Gasteiger partial charge in [-0.3, -0.25) is 9.80 Å². The molecular formula is C14H24N2. The van der Waals surface area contributed by atoms with Gasteiger partial charge in [0.1, 0.15) is 0 Å². The standard InChI is InChI=1S/C14H24N2/c1-4-7-12(2)16-11-14-8-5-6-9-15(14)10-13(16)3/h1,12-14H,5-11H2,2-3H3. The monoisotopic (exact) mass is 220 g/mol. The maximum atomic E-state index is 5.43. The van der Waals surface area contributed by atoms with Crippen molar-refractivity contribution in [1.29, 1.82) is 0 Å². The molecule has 2 heterocycles. The van der Waals surface area contributed by atoms with Crippen LogP contribution in [0.1, 0.15) is 39.5 Å². The number of rotatable bonds is 2. The average Bonchev–Trinajstić information content (AvgIpc) is 2.28. The van der Waals surface area contributed by atoms with Crippen molar-refractivity contribution in [2.45, 2.75) is 57.7 Å². The van der Waals surface area contributed by atoms with Gasteiger partial charge in [0.15, 0.2) is 0 Å². The summed E-state index contributed by atoms with van der Waals surface area (Å²) in [6.07, 6.45) is 10.5. The second-order valence-electron chi connectivity index (χ2n) is 5.45. The molecule has 2 fully saturated rings. The Labute approximate surface area is 100.0 Å². The van der Waals surface area contributed by atoms with Gasteiger partial charge < -0.3 is 0 Å². The minimum absolute atomic E-state index is 0.545. The lowest BCUT2D eigenvalue weighted by molar-refractivity contribution is -0.00292. The molecule has 0 spiro atoms. The molecule has 0 amide bonds. The number of nitrogens with zero attached hydrogens (tertiary/aromatic N) is 2. The number of piperazine rings is 1. The Kier molecular flexibility index (Phi) is 3.89. The van der Waals surface area contributed by atoms with Gasteiger partial charge in [-0.25, -0.2) is 0 Å². The molecule has 3 unspecified atom stereocenters. The van der Waals surface area contributed by atoms with Crippen LogP contribution in [0.2, 0.25) is 0 Å². The van der Waals surface area contributed by atoms with Crippen LogP contribution in [-0.4, -0.2) is 47.6 Å². The largest absolute Gasteiger partial charge is 0.298 e. The normalized spacial score (nSPS) is 34.1.